The molecule has 2 unspecified atom stereocenters. The molecule has 0 saturated heterocycles. The number of amides is 2. The van der Waals surface area contributed by atoms with Crippen molar-refractivity contribution >= 4 is 23.5 Å². The van der Waals surface area contributed by atoms with Gasteiger partial charge in [0, 0.05) is 30.8 Å². The van der Waals surface area contributed by atoms with Crippen molar-refractivity contribution in [1.29, 1.82) is 0 Å². The van der Waals surface area contributed by atoms with Gasteiger partial charge in [-0.15, -0.1) is 0 Å². The second kappa shape index (κ2) is 6.17. The van der Waals surface area contributed by atoms with Crippen molar-refractivity contribution in [3.05, 3.63) is 29.3 Å². The SMILES string of the molecule is CC(NC(=O)c1ccc2c(c1)CCC(=O)N2C)C(C)C(=O)O. The minimum Gasteiger partial charge on any atom is -0.481 e. The van der Waals surface area contributed by atoms with Crippen LogP contribution in [-0.4, -0.2) is 36.0 Å². The molecular weight excluding hydrogens is 284 g/mol. The van der Waals surface area contributed by atoms with E-state index in [-0.39, 0.29) is 11.8 Å². The molecule has 0 bridgehead atoms. The van der Waals surface area contributed by atoms with Crippen LogP contribution in [0.2, 0.25) is 0 Å². The highest BCUT2D eigenvalue weighted by Gasteiger charge is 2.24. The number of anilines is 1. The van der Waals surface area contributed by atoms with Gasteiger partial charge < -0.3 is 15.3 Å². The van der Waals surface area contributed by atoms with Gasteiger partial charge in [0.2, 0.25) is 5.91 Å². The van der Waals surface area contributed by atoms with Crippen LogP contribution < -0.4 is 10.2 Å². The molecule has 0 aliphatic carbocycles. The highest BCUT2D eigenvalue weighted by atomic mass is 16.4. The Labute approximate surface area is 129 Å². The van der Waals surface area contributed by atoms with Crippen molar-refractivity contribution in [3.8, 4) is 0 Å². The Balaban J connectivity index is 2.15. The second-order valence-corrected chi connectivity index (χ2v) is 5.69. The van der Waals surface area contributed by atoms with E-state index in [0.29, 0.717) is 18.4 Å². The molecule has 0 saturated carbocycles. The van der Waals surface area contributed by atoms with Crippen LogP contribution in [0.3, 0.4) is 0 Å². The Morgan fingerprint density at radius 3 is 2.59 bits per heavy atom. The van der Waals surface area contributed by atoms with Crippen LogP contribution in [0.25, 0.3) is 0 Å². The molecule has 1 heterocycles. The number of aliphatic carboxylic acids is 1. The first-order chi connectivity index (χ1) is 10.3. The zero-order valence-corrected chi connectivity index (χ0v) is 12.9. The minimum absolute atomic E-state index is 0.0635. The lowest BCUT2D eigenvalue weighted by Gasteiger charge is -2.26. The Hall–Kier alpha value is -2.37. The molecule has 0 fully saturated rings. The number of nitrogens with zero attached hydrogens (tertiary/aromatic N) is 1. The largest absolute Gasteiger partial charge is 0.481 e. The van der Waals surface area contributed by atoms with Gasteiger partial charge in [-0.2, -0.15) is 0 Å². The maximum atomic E-state index is 12.2. The lowest BCUT2D eigenvalue weighted by Crippen LogP contribution is -2.40. The monoisotopic (exact) mass is 304 g/mol. The molecule has 0 spiro atoms. The highest BCUT2D eigenvalue weighted by Crippen LogP contribution is 2.27. The predicted octanol–water partition coefficient (Wildman–Crippen LogP) is 1.43. The van der Waals surface area contributed by atoms with Crippen LogP contribution in [0.4, 0.5) is 5.69 Å². The fourth-order valence-corrected chi connectivity index (χ4v) is 2.43. The second-order valence-electron chi connectivity index (χ2n) is 5.69. The average Bonchev–Trinajstić information content (AvgIpc) is 2.49. The number of carboxylic acid groups (broad SMARTS) is 1. The van der Waals surface area contributed by atoms with Crippen LogP contribution in [0.1, 0.15) is 36.2 Å². The Morgan fingerprint density at radius 2 is 1.95 bits per heavy atom. The van der Waals surface area contributed by atoms with E-state index in [1.165, 1.54) is 0 Å². The molecule has 0 radical (unpaired) electrons. The smallest absolute Gasteiger partial charge is 0.308 e. The summed E-state index contributed by atoms with van der Waals surface area (Å²) in [7, 11) is 1.72. The number of carbonyl (C=O) groups excluding carboxylic acids is 2. The summed E-state index contributed by atoms with van der Waals surface area (Å²) in [6.07, 6.45) is 1.04. The Kier molecular flexibility index (Phi) is 4.49. The van der Waals surface area contributed by atoms with Crippen LogP contribution in [0.5, 0.6) is 0 Å². The van der Waals surface area contributed by atoms with E-state index in [2.05, 4.69) is 5.32 Å². The highest BCUT2D eigenvalue weighted by molar-refractivity contribution is 5.99. The number of fused-ring (bicyclic) bond motifs is 1. The maximum Gasteiger partial charge on any atom is 0.308 e. The number of hydrogen-bond acceptors (Lipinski definition) is 3. The summed E-state index contributed by atoms with van der Waals surface area (Å²) in [5.41, 5.74) is 2.25. The fourth-order valence-electron chi connectivity index (χ4n) is 2.43. The summed E-state index contributed by atoms with van der Waals surface area (Å²) in [4.78, 5) is 36.4. The molecule has 1 aliphatic heterocycles. The van der Waals surface area contributed by atoms with Gasteiger partial charge in [0.05, 0.1) is 5.92 Å². The van der Waals surface area contributed by atoms with E-state index < -0.39 is 17.9 Å². The van der Waals surface area contributed by atoms with Gasteiger partial charge in [-0.05, 0) is 44.0 Å². The number of hydrogen-bond donors (Lipinski definition) is 2. The summed E-state index contributed by atoms with van der Waals surface area (Å²) in [6.45, 7) is 3.22. The molecule has 6 heteroatoms. The molecule has 2 N–H and O–H groups in total. The number of rotatable bonds is 4. The van der Waals surface area contributed by atoms with Gasteiger partial charge in [-0.25, -0.2) is 0 Å². The third-order valence-electron chi connectivity index (χ3n) is 4.18. The number of aryl methyl sites for hydroxylation is 1. The van der Waals surface area contributed by atoms with Crippen LogP contribution >= 0.6 is 0 Å². The topological polar surface area (TPSA) is 86.7 Å². The van der Waals surface area contributed by atoms with Gasteiger partial charge >= 0.3 is 5.97 Å². The van der Waals surface area contributed by atoms with E-state index in [0.717, 1.165) is 11.3 Å². The predicted molar refractivity (Wildman–Crippen MR) is 81.9 cm³/mol. The molecule has 6 nitrogen and oxygen atoms in total. The number of carboxylic acids is 1. The quantitative estimate of drug-likeness (QED) is 0.881. The van der Waals surface area contributed by atoms with Crippen molar-refractivity contribution in [2.24, 2.45) is 5.92 Å². The standard InChI is InChI=1S/C16H20N2O4/c1-9(16(21)22)10(2)17-15(20)12-4-6-13-11(8-12)5-7-14(19)18(13)3/h4,6,8-10H,5,7H2,1-3H3,(H,17,20)(H,21,22). The Morgan fingerprint density at radius 1 is 1.27 bits per heavy atom. The molecule has 1 aliphatic rings. The third-order valence-corrected chi connectivity index (χ3v) is 4.18. The molecule has 1 aromatic rings. The summed E-state index contributed by atoms with van der Waals surface area (Å²) in [5.74, 6) is -1.85. The molecule has 22 heavy (non-hydrogen) atoms. The molecular formula is C16H20N2O4. The van der Waals surface area contributed by atoms with E-state index in [9.17, 15) is 14.4 Å². The Bertz CT molecular complexity index is 627. The van der Waals surface area contributed by atoms with E-state index in [1.54, 1.807) is 44.0 Å². The number of nitrogens with one attached hydrogen (secondary N) is 1. The summed E-state index contributed by atoms with van der Waals surface area (Å²) in [5, 5.41) is 11.7. The van der Waals surface area contributed by atoms with Crippen molar-refractivity contribution in [2.45, 2.75) is 32.7 Å². The first-order valence-corrected chi connectivity index (χ1v) is 7.24. The van der Waals surface area contributed by atoms with Crippen molar-refractivity contribution in [3.63, 3.8) is 0 Å². The summed E-state index contributed by atoms with van der Waals surface area (Å²) in [6, 6.07) is 4.71. The van der Waals surface area contributed by atoms with E-state index in [4.69, 9.17) is 5.11 Å². The number of carbonyl (C=O) groups is 3. The zero-order valence-electron chi connectivity index (χ0n) is 12.9. The van der Waals surface area contributed by atoms with E-state index in [1.807, 2.05) is 0 Å². The minimum atomic E-state index is -0.946. The zero-order chi connectivity index (χ0) is 16.4. The van der Waals surface area contributed by atoms with Gasteiger partial charge in [-0.1, -0.05) is 0 Å². The normalized spacial score (nSPS) is 16.7. The lowest BCUT2D eigenvalue weighted by molar-refractivity contribution is -0.141. The summed E-state index contributed by atoms with van der Waals surface area (Å²) < 4.78 is 0. The molecule has 2 atom stereocenters. The molecule has 2 rings (SSSR count). The molecule has 2 amide bonds. The van der Waals surface area contributed by atoms with Crippen molar-refractivity contribution in [2.75, 3.05) is 11.9 Å². The van der Waals surface area contributed by atoms with Gasteiger partial charge in [0.1, 0.15) is 0 Å². The fraction of sp³-hybridized carbons (Fsp3) is 0.438. The van der Waals surface area contributed by atoms with Gasteiger partial charge in [0.15, 0.2) is 0 Å². The lowest BCUT2D eigenvalue weighted by atomic mass is 9.98. The first-order valence-electron chi connectivity index (χ1n) is 7.24. The van der Waals surface area contributed by atoms with Crippen molar-refractivity contribution in [1.82, 2.24) is 5.32 Å². The van der Waals surface area contributed by atoms with Crippen LogP contribution in [-0.2, 0) is 16.0 Å². The third kappa shape index (κ3) is 3.10. The first kappa shape index (κ1) is 16.0. The molecule has 118 valence electrons. The average molecular weight is 304 g/mol. The maximum absolute atomic E-state index is 12.2. The van der Waals surface area contributed by atoms with Crippen LogP contribution in [0, 0.1) is 5.92 Å². The molecule has 1 aromatic carbocycles. The summed E-state index contributed by atoms with van der Waals surface area (Å²) >= 11 is 0. The van der Waals surface area contributed by atoms with Crippen molar-refractivity contribution < 1.29 is 19.5 Å². The van der Waals surface area contributed by atoms with Gasteiger partial charge in [-0.3, -0.25) is 14.4 Å². The van der Waals surface area contributed by atoms with Gasteiger partial charge in [0.25, 0.3) is 5.91 Å². The molecule has 0 aromatic heterocycles. The van der Waals surface area contributed by atoms with Crippen LogP contribution in [0.15, 0.2) is 18.2 Å². The van der Waals surface area contributed by atoms with E-state index >= 15 is 0 Å². The number of benzene rings is 1.